The minimum absolute atomic E-state index is 0.281. The molecule has 0 saturated heterocycles. The highest BCUT2D eigenvalue weighted by atomic mass is 16.6. The quantitative estimate of drug-likeness (QED) is 0.824. The molecule has 0 aliphatic rings. The number of hydroxylamine groups is 1. The number of hydrogen-bond acceptors (Lipinski definition) is 3. The zero-order chi connectivity index (χ0) is 12.8. The molecule has 18 heavy (non-hydrogen) atoms. The maximum absolute atomic E-state index is 11.8. The standard InChI is InChI=1S/C14H15NO3/c1-2-13-12(8-9-17-13)14(16)15-18-10-11-6-4-3-5-7-11/h3-9H,2,10H2,1H3,(H,15,16). The van der Waals surface area contributed by atoms with E-state index in [1.165, 1.54) is 6.26 Å². The fourth-order valence-corrected chi connectivity index (χ4v) is 1.63. The smallest absolute Gasteiger partial charge is 0.278 e. The number of nitrogens with one attached hydrogen (secondary N) is 1. The molecule has 0 aliphatic carbocycles. The Hall–Kier alpha value is -2.07. The minimum atomic E-state index is -0.281. The lowest BCUT2D eigenvalue weighted by Gasteiger charge is -2.05. The van der Waals surface area contributed by atoms with Gasteiger partial charge in [0, 0.05) is 6.42 Å². The van der Waals surface area contributed by atoms with Gasteiger partial charge in [-0.05, 0) is 11.6 Å². The largest absolute Gasteiger partial charge is 0.469 e. The predicted octanol–water partition coefficient (Wildman–Crippen LogP) is 2.70. The number of aryl methyl sites for hydroxylation is 1. The van der Waals surface area contributed by atoms with Crippen LogP contribution in [0.5, 0.6) is 0 Å². The van der Waals surface area contributed by atoms with Crippen molar-refractivity contribution in [1.29, 1.82) is 0 Å². The van der Waals surface area contributed by atoms with Crippen molar-refractivity contribution in [3.8, 4) is 0 Å². The molecule has 2 aromatic rings. The lowest BCUT2D eigenvalue weighted by molar-refractivity contribution is 0.0232. The molecule has 0 saturated carbocycles. The highest BCUT2D eigenvalue weighted by Gasteiger charge is 2.12. The first-order valence-electron chi connectivity index (χ1n) is 5.83. The van der Waals surface area contributed by atoms with Crippen LogP contribution < -0.4 is 5.48 Å². The fraction of sp³-hybridized carbons (Fsp3) is 0.214. The van der Waals surface area contributed by atoms with Crippen LogP contribution in [0.1, 0.15) is 28.6 Å². The summed E-state index contributed by atoms with van der Waals surface area (Å²) in [6.07, 6.45) is 2.18. The highest BCUT2D eigenvalue weighted by Crippen LogP contribution is 2.11. The van der Waals surface area contributed by atoms with Crippen LogP contribution in [0.4, 0.5) is 0 Å². The fourth-order valence-electron chi connectivity index (χ4n) is 1.63. The molecule has 1 aromatic heterocycles. The second kappa shape index (κ2) is 6.02. The van der Waals surface area contributed by atoms with Gasteiger partial charge in [-0.1, -0.05) is 37.3 Å². The van der Waals surface area contributed by atoms with Gasteiger partial charge >= 0.3 is 0 Å². The molecule has 4 heteroatoms. The molecule has 0 fully saturated rings. The maximum Gasteiger partial charge on any atom is 0.278 e. The van der Waals surface area contributed by atoms with Gasteiger partial charge in [0.05, 0.1) is 18.4 Å². The molecule has 2 rings (SSSR count). The number of carbonyl (C=O) groups excluding carboxylic acids is 1. The number of furan rings is 1. The summed E-state index contributed by atoms with van der Waals surface area (Å²) in [5.41, 5.74) is 3.93. The molecule has 0 radical (unpaired) electrons. The van der Waals surface area contributed by atoms with Gasteiger partial charge in [-0.3, -0.25) is 9.63 Å². The van der Waals surface area contributed by atoms with Crippen molar-refractivity contribution in [2.75, 3.05) is 0 Å². The number of rotatable bonds is 5. The summed E-state index contributed by atoms with van der Waals surface area (Å²) in [6, 6.07) is 11.3. The van der Waals surface area contributed by atoms with Gasteiger partial charge in [-0.25, -0.2) is 5.48 Å². The molecule has 0 bridgehead atoms. The Morgan fingerprint density at radius 1 is 1.28 bits per heavy atom. The van der Waals surface area contributed by atoms with Gasteiger partial charge in [0.15, 0.2) is 0 Å². The third-order valence-electron chi connectivity index (χ3n) is 2.56. The van der Waals surface area contributed by atoms with Crippen LogP contribution in [0.25, 0.3) is 0 Å². The zero-order valence-electron chi connectivity index (χ0n) is 10.2. The van der Waals surface area contributed by atoms with Gasteiger partial charge < -0.3 is 4.42 Å². The lowest BCUT2D eigenvalue weighted by atomic mass is 10.2. The van der Waals surface area contributed by atoms with Crippen molar-refractivity contribution >= 4 is 5.91 Å². The van der Waals surface area contributed by atoms with Gasteiger partial charge in [0.1, 0.15) is 5.76 Å². The second-order valence-electron chi connectivity index (χ2n) is 3.82. The van der Waals surface area contributed by atoms with Crippen LogP contribution in [0.15, 0.2) is 47.1 Å². The summed E-state index contributed by atoms with van der Waals surface area (Å²) in [7, 11) is 0. The van der Waals surface area contributed by atoms with Crippen LogP contribution in [0.2, 0.25) is 0 Å². The molecular formula is C14H15NO3. The van der Waals surface area contributed by atoms with E-state index in [0.29, 0.717) is 24.4 Å². The van der Waals surface area contributed by atoms with Crippen molar-refractivity contribution in [1.82, 2.24) is 5.48 Å². The Labute approximate surface area is 106 Å². The van der Waals surface area contributed by atoms with Gasteiger partial charge in [-0.2, -0.15) is 0 Å². The van der Waals surface area contributed by atoms with Crippen LogP contribution in [-0.2, 0) is 17.9 Å². The Morgan fingerprint density at radius 3 is 2.78 bits per heavy atom. The predicted molar refractivity (Wildman–Crippen MR) is 66.8 cm³/mol. The Kier molecular flexibility index (Phi) is 4.15. The van der Waals surface area contributed by atoms with E-state index >= 15 is 0 Å². The summed E-state index contributed by atoms with van der Waals surface area (Å²) < 4.78 is 5.18. The van der Waals surface area contributed by atoms with E-state index in [1.807, 2.05) is 37.3 Å². The topological polar surface area (TPSA) is 51.5 Å². The molecule has 0 atom stereocenters. The average molecular weight is 245 g/mol. The third-order valence-corrected chi connectivity index (χ3v) is 2.56. The van der Waals surface area contributed by atoms with Crippen LogP contribution in [0.3, 0.4) is 0 Å². The molecule has 1 aromatic carbocycles. The molecule has 94 valence electrons. The number of amides is 1. The summed E-state index contributed by atoms with van der Waals surface area (Å²) in [5.74, 6) is 0.382. The summed E-state index contributed by atoms with van der Waals surface area (Å²) >= 11 is 0. The number of carbonyl (C=O) groups is 1. The Balaban J connectivity index is 1.86. The van der Waals surface area contributed by atoms with Gasteiger partial charge in [0.25, 0.3) is 5.91 Å². The van der Waals surface area contributed by atoms with E-state index in [-0.39, 0.29) is 5.91 Å². The molecular weight excluding hydrogens is 230 g/mol. The maximum atomic E-state index is 11.8. The van der Waals surface area contributed by atoms with Gasteiger partial charge in [0.2, 0.25) is 0 Å². The van der Waals surface area contributed by atoms with E-state index in [1.54, 1.807) is 6.07 Å². The van der Waals surface area contributed by atoms with Gasteiger partial charge in [-0.15, -0.1) is 0 Å². The monoisotopic (exact) mass is 245 g/mol. The summed E-state index contributed by atoms with van der Waals surface area (Å²) in [5, 5.41) is 0. The molecule has 4 nitrogen and oxygen atoms in total. The van der Waals surface area contributed by atoms with E-state index in [4.69, 9.17) is 9.25 Å². The van der Waals surface area contributed by atoms with Crippen molar-refractivity contribution in [3.05, 3.63) is 59.5 Å². The van der Waals surface area contributed by atoms with E-state index in [0.717, 1.165) is 5.56 Å². The van der Waals surface area contributed by atoms with Crippen molar-refractivity contribution < 1.29 is 14.0 Å². The van der Waals surface area contributed by atoms with Crippen LogP contribution >= 0.6 is 0 Å². The van der Waals surface area contributed by atoms with E-state index < -0.39 is 0 Å². The van der Waals surface area contributed by atoms with Crippen molar-refractivity contribution in [2.24, 2.45) is 0 Å². The first-order valence-corrected chi connectivity index (χ1v) is 5.83. The Morgan fingerprint density at radius 2 is 2.06 bits per heavy atom. The van der Waals surface area contributed by atoms with E-state index in [9.17, 15) is 4.79 Å². The van der Waals surface area contributed by atoms with Crippen molar-refractivity contribution in [2.45, 2.75) is 20.0 Å². The zero-order valence-corrected chi connectivity index (χ0v) is 10.2. The first kappa shape index (κ1) is 12.4. The molecule has 1 amide bonds. The number of hydrogen-bond donors (Lipinski definition) is 1. The summed E-state index contributed by atoms with van der Waals surface area (Å²) in [6.45, 7) is 2.27. The molecule has 0 spiro atoms. The SMILES string of the molecule is CCc1occc1C(=O)NOCc1ccccc1. The normalized spacial score (nSPS) is 10.3. The van der Waals surface area contributed by atoms with E-state index in [2.05, 4.69) is 5.48 Å². The highest BCUT2D eigenvalue weighted by molar-refractivity contribution is 5.94. The lowest BCUT2D eigenvalue weighted by Crippen LogP contribution is -2.24. The average Bonchev–Trinajstić information content (AvgIpc) is 2.88. The first-order chi connectivity index (χ1) is 8.81. The third kappa shape index (κ3) is 2.99. The van der Waals surface area contributed by atoms with Crippen molar-refractivity contribution in [3.63, 3.8) is 0 Å². The molecule has 0 unspecified atom stereocenters. The Bertz CT molecular complexity index is 505. The van der Waals surface area contributed by atoms with Crippen LogP contribution in [-0.4, -0.2) is 5.91 Å². The minimum Gasteiger partial charge on any atom is -0.469 e. The molecule has 1 N–H and O–H groups in total. The molecule has 1 heterocycles. The second-order valence-corrected chi connectivity index (χ2v) is 3.82. The summed E-state index contributed by atoms with van der Waals surface area (Å²) in [4.78, 5) is 16.9. The number of benzene rings is 1. The molecule has 0 aliphatic heterocycles. The van der Waals surface area contributed by atoms with Crippen LogP contribution in [0, 0.1) is 0 Å².